The average Bonchev–Trinajstić information content (AvgIpc) is 2.34. The van der Waals surface area contributed by atoms with Gasteiger partial charge in [-0.05, 0) is 36.5 Å². The Balaban J connectivity index is 2.07. The number of hydrogen-bond donors (Lipinski definition) is 0. The Hall–Kier alpha value is -0.530. The zero-order valence-electron chi connectivity index (χ0n) is 10.6. The highest BCUT2D eigenvalue weighted by atomic mass is 35.5. The molecular formula is C15H18Cl2O. The van der Waals surface area contributed by atoms with E-state index >= 15 is 0 Å². The smallest absolute Gasteiger partial charge is 0.140 e. The van der Waals surface area contributed by atoms with E-state index < -0.39 is 0 Å². The lowest BCUT2D eigenvalue weighted by Crippen LogP contribution is -2.23. The van der Waals surface area contributed by atoms with Gasteiger partial charge in [-0.25, -0.2) is 0 Å². The van der Waals surface area contributed by atoms with Crippen LogP contribution in [0.3, 0.4) is 0 Å². The van der Waals surface area contributed by atoms with E-state index in [0.29, 0.717) is 22.4 Å². The van der Waals surface area contributed by atoms with E-state index in [1.165, 1.54) is 6.42 Å². The van der Waals surface area contributed by atoms with Gasteiger partial charge >= 0.3 is 0 Å². The highest BCUT2D eigenvalue weighted by Crippen LogP contribution is 2.32. The van der Waals surface area contributed by atoms with Crippen LogP contribution >= 0.6 is 23.2 Å². The molecule has 3 heteroatoms. The van der Waals surface area contributed by atoms with Gasteiger partial charge in [0.2, 0.25) is 0 Å². The van der Waals surface area contributed by atoms with Crippen LogP contribution < -0.4 is 0 Å². The standard InChI is InChI=1S/C15H18Cl2O/c1-10-4-2-5-11(8-10)15(18)9-12-13(16)6-3-7-14(12)17/h3,6-7,10-11H,2,4-5,8-9H2,1H3. The summed E-state index contributed by atoms with van der Waals surface area (Å²) in [5, 5.41) is 1.19. The average molecular weight is 285 g/mol. The van der Waals surface area contributed by atoms with Crippen molar-refractivity contribution in [1.82, 2.24) is 0 Å². The van der Waals surface area contributed by atoms with Crippen LogP contribution in [0, 0.1) is 11.8 Å². The molecule has 2 atom stereocenters. The molecule has 98 valence electrons. The van der Waals surface area contributed by atoms with Crippen molar-refractivity contribution in [2.24, 2.45) is 11.8 Å². The first kappa shape index (κ1) is 13.9. The summed E-state index contributed by atoms with van der Waals surface area (Å²) >= 11 is 12.2. The number of halogens is 2. The number of carbonyl (C=O) groups is 1. The predicted octanol–water partition coefficient (Wildman–Crippen LogP) is 4.93. The van der Waals surface area contributed by atoms with Gasteiger partial charge in [0.25, 0.3) is 0 Å². The minimum atomic E-state index is 0.195. The van der Waals surface area contributed by atoms with Crippen LogP contribution in [0.2, 0.25) is 10.0 Å². The van der Waals surface area contributed by atoms with E-state index in [9.17, 15) is 4.79 Å². The Morgan fingerprint density at radius 3 is 2.56 bits per heavy atom. The topological polar surface area (TPSA) is 17.1 Å². The molecule has 0 bridgehead atoms. The second kappa shape index (κ2) is 6.08. The third kappa shape index (κ3) is 3.27. The van der Waals surface area contributed by atoms with E-state index in [4.69, 9.17) is 23.2 Å². The SMILES string of the molecule is CC1CCCC(C(=O)Cc2c(Cl)cccc2Cl)C1. The molecule has 18 heavy (non-hydrogen) atoms. The predicted molar refractivity (Wildman–Crippen MR) is 76.3 cm³/mol. The second-order valence-electron chi connectivity index (χ2n) is 5.31. The Morgan fingerprint density at radius 2 is 1.94 bits per heavy atom. The summed E-state index contributed by atoms with van der Waals surface area (Å²) in [6.45, 7) is 2.22. The molecule has 0 saturated heterocycles. The molecular weight excluding hydrogens is 267 g/mol. The summed E-state index contributed by atoms with van der Waals surface area (Å²) < 4.78 is 0. The summed E-state index contributed by atoms with van der Waals surface area (Å²) in [5.41, 5.74) is 0.782. The summed E-state index contributed by atoms with van der Waals surface area (Å²) in [6, 6.07) is 5.39. The van der Waals surface area contributed by atoms with Crippen molar-refractivity contribution in [3.63, 3.8) is 0 Å². The summed E-state index contributed by atoms with van der Waals surface area (Å²) in [7, 11) is 0. The molecule has 1 aliphatic carbocycles. The van der Waals surface area contributed by atoms with Gasteiger partial charge in [-0.2, -0.15) is 0 Å². The van der Waals surface area contributed by atoms with Crippen molar-refractivity contribution in [3.05, 3.63) is 33.8 Å². The van der Waals surface area contributed by atoms with Crippen LogP contribution in [0.25, 0.3) is 0 Å². The fraction of sp³-hybridized carbons (Fsp3) is 0.533. The van der Waals surface area contributed by atoms with Gasteiger partial charge in [0, 0.05) is 22.4 Å². The lowest BCUT2D eigenvalue weighted by atomic mass is 9.79. The van der Waals surface area contributed by atoms with Crippen molar-refractivity contribution in [3.8, 4) is 0 Å². The minimum absolute atomic E-state index is 0.195. The Morgan fingerprint density at radius 1 is 1.28 bits per heavy atom. The molecule has 0 aliphatic heterocycles. The van der Waals surface area contributed by atoms with Gasteiger partial charge in [0.1, 0.15) is 5.78 Å². The maximum absolute atomic E-state index is 12.3. The lowest BCUT2D eigenvalue weighted by molar-refractivity contribution is -0.123. The molecule has 0 spiro atoms. The van der Waals surface area contributed by atoms with Crippen molar-refractivity contribution >= 4 is 29.0 Å². The number of ketones is 1. The summed E-state index contributed by atoms with van der Waals surface area (Å²) in [5.74, 6) is 1.15. The van der Waals surface area contributed by atoms with Gasteiger partial charge < -0.3 is 0 Å². The first-order valence-corrected chi connectivity index (χ1v) is 7.29. The van der Waals surface area contributed by atoms with Crippen LogP contribution in [-0.4, -0.2) is 5.78 Å². The number of Topliss-reactive ketones (excluding diaryl/α,β-unsaturated/α-hetero) is 1. The van der Waals surface area contributed by atoms with Crippen molar-refractivity contribution < 1.29 is 4.79 Å². The van der Waals surface area contributed by atoms with Crippen LogP contribution in [0.1, 0.15) is 38.2 Å². The van der Waals surface area contributed by atoms with Gasteiger partial charge in [0.15, 0.2) is 0 Å². The first-order valence-electron chi connectivity index (χ1n) is 6.53. The third-order valence-corrected chi connectivity index (χ3v) is 4.51. The molecule has 1 fully saturated rings. The minimum Gasteiger partial charge on any atom is -0.299 e. The van der Waals surface area contributed by atoms with Crippen molar-refractivity contribution in [1.29, 1.82) is 0 Å². The Bertz CT molecular complexity index is 422. The van der Waals surface area contributed by atoms with Crippen LogP contribution in [-0.2, 0) is 11.2 Å². The quantitative estimate of drug-likeness (QED) is 0.769. The van der Waals surface area contributed by atoms with Crippen molar-refractivity contribution in [2.45, 2.75) is 39.0 Å². The number of benzene rings is 1. The third-order valence-electron chi connectivity index (χ3n) is 3.80. The van der Waals surface area contributed by atoms with Crippen LogP contribution in [0.15, 0.2) is 18.2 Å². The molecule has 0 N–H and O–H groups in total. The zero-order valence-corrected chi connectivity index (χ0v) is 12.1. The van der Waals surface area contributed by atoms with E-state index in [1.54, 1.807) is 18.2 Å². The Labute approximate surface area is 118 Å². The molecule has 0 amide bonds. The second-order valence-corrected chi connectivity index (χ2v) is 6.13. The molecule has 0 radical (unpaired) electrons. The molecule has 1 aromatic carbocycles. The highest BCUT2D eigenvalue weighted by Gasteiger charge is 2.25. The Kier molecular flexibility index (Phi) is 4.69. The molecule has 1 saturated carbocycles. The van der Waals surface area contributed by atoms with E-state index in [2.05, 4.69) is 6.92 Å². The number of carbonyl (C=O) groups excluding carboxylic acids is 1. The molecule has 2 unspecified atom stereocenters. The fourth-order valence-corrected chi connectivity index (χ4v) is 3.28. The van der Waals surface area contributed by atoms with Crippen LogP contribution in [0.5, 0.6) is 0 Å². The highest BCUT2D eigenvalue weighted by molar-refractivity contribution is 6.36. The van der Waals surface area contributed by atoms with Crippen molar-refractivity contribution in [2.75, 3.05) is 0 Å². The van der Waals surface area contributed by atoms with E-state index in [0.717, 1.165) is 24.8 Å². The molecule has 0 heterocycles. The molecule has 2 rings (SSSR count). The summed E-state index contributed by atoms with van der Waals surface area (Å²) in [4.78, 5) is 12.3. The van der Waals surface area contributed by atoms with Crippen LogP contribution in [0.4, 0.5) is 0 Å². The number of rotatable bonds is 3. The fourth-order valence-electron chi connectivity index (χ4n) is 2.75. The zero-order chi connectivity index (χ0) is 13.1. The van der Waals surface area contributed by atoms with Gasteiger partial charge in [-0.1, -0.05) is 49.0 Å². The van der Waals surface area contributed by atoms with Gasteiger partial charge in [0.05, 0.1) is 0 Å². The first-order chi connectivity index (χ1) is 8.58. The molecule has 1 aliphatic rings. The number of hydrogen-bond acceptors (Lipinski definition) is 1. The largest absolute Gasteiger partial charge is 0.299 e. The molecule has 1 aromatic rings. The van der Waals surface area contributed by atoms with Gasteiger partial charge in [-0.3, -0.25) is 4.79 Å². The van der Waals surface area contributed by atoms with E-state index in [-0.39, 0.29) is 11.7 Å². The van der Waals surface area contributed by atoms with Gasteiger partial charge in [-0.15, -0.1) is 0 Å². The lowest BCUT2D eigenvalue weighted by Gasteiger charge is -2.25. The maximum atomic E-state index is 12.3. The monoisotopic (exact) mass is 284 g/mol. The molecule has 1 nitrogen and oxygen atoms in total. The maximum Gasteiger partial charge on any atom is 0.140 e. The van der Waals surface area contributed by atoms with E-state index in [1.807, 2.05) is 0 Å². The summed E-state index contributed by atoms with van der Waals surface area (Å²) in [6.07, 6.45) is 4.81. The molecule has 0 aromatic heterocycles. The normalized spacial score (nSPS) is 23.9.